The first-order chi connectivity index (χ1) is 8.37. The zero-order chi connectivity index (χ0) is 13.3. The summed E-state index contributed by atoms with van der Waals surface area (Å²) >= 11 is 0. The van der Waals surface area contributed by atoms with E-state index in [0.29, 0.717) is 26.1 Å². The molecule has 2 fully saturated rings. The molecule has 0 atom stereocenters. The molecular formula is C13H19NO4. The molecule has 5 nitrogen and oxygen atoms in total. The van der Waals surface area contributed by atoms with Gasteiger partial charge in [-0.1, -0.05) is 0 Å². The molecule has 2 saturated heterocycles. The lowest BCUT2D eigenvalue weighted by atomic mass is 10.1. The normalized spacial score (nSPS) is 24.4. The maximum atomic E-state index is 11.9. The number of amides is 1. The molecule has 0 N–H and O–H groups in total. The van der Waals surface area contributed by atoms with Gasteiger partial charge in [0.25, 0.3) is 0 Å². The van der Waals surface area contributed by atoms with Crippen LogP contribution in [0.1, 0.15) is 33.6 Å². The number of cyclic esters (lactones) is 1. The number of likely N-dealkylation sites (tertiary alicyclic amines) is 1. The Kier molecular flexibility index (Phi) is 3.32. The van der Waals surface area contributed by atoms with Gasteiger partial charge >= 0.3 is 12.1 Å². The summed E-state index contributed by atoms with van der Waals surface area (Å²) in [5.41, 5.74) is 1.28. The Morgan fingerprint density at radius 3 is 2.61 bits per heavy atom. The minimum atomic E-state index is -0.487. The summed E-state index contributed by atoms with van der Waals surface area (Å²) in [4.78, 5) is 25.0. The van der Waals surface area contributed by atoms with Crippen LogP contribution in [0.15, 0.2) is 11.1 Å². The molecule has 2 heterocycles. The van der Waals surface area contributed by atoms with E-state index in [4.69, 9.17) is 9.47 Å². The number of nitrogens with zero attached hydrogens (tertiary/aromatic N) is 1. The van der Waals surface area contributed by atoms with Crippen molar-refractivity contribution in [3.05, 3.63) is 11.1 Å². The fourth-order valence-electron chi connectivity index (χ4n) is 2.14. The molecule has 5 heteroatoms. The number of carbonyl (C=O) groups excluding carboxylic acids is 2. The third-order valence-corrected chi connectivity index (χ3v) is 2.98. The van der Waals surface area contributed by atoms with E-state index in [9.17, 15) is 9.59 Å². The van der Waals surface area contributed by atoms with Gasteiger partial charge in [-0.15, -0.1) is 0 Å². The smallest absolute Gasteiger partial charge is 0.410 e. The lowest BCUT2D eigenvalue weighted by molar-refractivity contribution is -0.135. The van der Waals surface area contributed by atoms with Crippen LogP contribution in [0.2, 0.25) is 0 Å². The molecule has 0 spiro atoms. The topological polar surface area (TPSA) is 55.8 Å². The minimum Gasteiger partial charge on any atom is -0.462 e. The second-order valence-electron chi connectivity index (χ2n) is 5.62. The van der Waals surface area contributed by atoms with E-state index in [-0.39, 0.29) is 12.1 Å². The number of ether oxygens (including phenoxy) is 2. The molecule has 100 valence electrons. The lowest BCUT2D eigenvalue weighted by Crippen LogP contribution is -2.34. The summed E-state index contributed by atoms with van der Waals surface area (Å²) in [7, 11) is 0. The Labute approximate surface area is 107 Å². The van der Waals surface area contributed by atoms with Crippen molar-refractivity contribution in [3.63, 3.8) is 0 Å². The van der Waals surface area contributed by atoms with E-state index in [1.165, 1.54) is 0 Å². The number of rotatable bonds is 0. The Balaban J connectivity index is 2.00. The molecule has 0 bridgehead atoms. The van der Waals surface area contributed by atoms with Crippen LogP contribution < -0.4 is 0 Å². The predicted molar refractivity (Wildman–Crippen MR) is 65.0 cm³/mol. The molecule has 1 amide bonds. The standard InChI is InChI=1S/C13H19NO4/c1-13(2,3)18-12(16)14-6-4-9(8-14)10-5-7-17-11(10)15/h4-8H2,1-3H3/b10-9+. The van der Waals surface area contributed by atoms with Crippen molar-refractivity contribution in [1.82, 2.24) is 4.90 Å². The second-order valence-corrected chi connectivity index (χ2v) is 5.62. The highest BCUT2D eigenvalue weighted by Crippen LogP contribution is 2.26. The Morgan fingerprint density at radius 2 is 2.06 bits per heavy atom. The van der Waals surface area contributed by atoms with Crippen molar-refractivity contribution in [3.8, 4) is 0 Å². The number of carbonyl (C=O) groups is 2. The SMILES string of the molecule is CC(C)(C)OC(=O)N1CC/C(=C2/CCOC2=O)C1. The number of hydrogen-bond acceptors (Lipinski definition) is 4. The molecule has 2 aliphatic heterocycles. The van der Waals surface area contributed by atoms with E-state index in [0.717, 1.165) is 17.6 Å². The Bertz CT molecular complexity index is 406. The van der Waals surface area contributed by atoms with Gasteiger partial charge in [0, 0.05) is 25.1 Å². The quantitative estimate of drug-likeness (QED) is 0.488. The summed E-state index contributed by atoms with van der Waals surface area (Å²) in [5, 5.41) is 0. The van der Waals surface area contributed by atoms with Crippen LogP contribution in [0, 0.1) is 0 Å². The summed E-state index contributed by atoms with van der Waals surface area (Å²) in [5.74, 6) is -0.226. The number of esters is 1. The van der Waals surface area contributed by atoms with Crippen LogP contribution in [0.4, 0.5) is 4.79 Å². The van der Waals surface area contributed by atoms with Crippen LogP contribution in [-0.2, 0) is 14.3 Å². The average molecular weight is 253 g/mol. The largest absolute Gasteiger partial charge is 0.462 e. The first-order valence-corrected chi connectivity index (χ1v) is 6.23. The van der Waals surface area contributed by atoms with Crippen molar-refractivity contribution in [2.45, 2.75) is 39.2 Å². The highest BCUT2D eigenvalue weighted by molar-refractivity contribution is 5.91. The molecule has 0 aromatic rings. The molecule has 0 aromatic heterocycles. The van der Waals surface area contributed by atoms with Crippen molar-refractivity contribution >= 4 is 12.1 Å². The van der Waals surface area contributed by atoms with Gasteiger partial charge in [-0.25, -0.2) is 9.59 Å². The van der Waals surface area contributed by atoms with Crippen LogP contribution in [0.5, 0.6) is 0 Å². The minimum absolute atomic E-state index is 0.226. The van der Waals surface area contributed by atoms with Gasteiger partial charge in [-0.2, -0.15) is 0 Å². The Hall–Kier alpha value is -1.52. The van der Waals surface area contributed by atoms with Crippen LogP contribution in [0.3, 0.4) is 0 Å². The first kappa shape index (κ1) is 12.9. The van der Waals surface area contributed by atoms with Crippen LogP contribution in [0.25, 0.3) is 0 Å². The van der Waals surface area contributed by atoms with Gasteiger partial charge in [0.1, 0.15) is 5.60 Å². The maximum absolute atomic E-state index is 11.9. The monoisotopic (exact) mass is 253 g/mol. The van der Waals surface area contributed by atoms with Gasteiger partial charge in [-0.05, 0) is 32.8 Å². The predicted octanol–water partition coefficient (Wildman–Crippen LogP) is 1.87. The lowest BCUT2D eigenvalue weighted by Gasteiger charge is -2.24. The molecule has 0 aromatic carbocycles. The van der Waals surface area contributed by atoms with E-state index in [1.807, 2.05) is 20.8 Å². The van der Waals surface area contributed by atoms with E-state index >= 15 is 0 Å². The first-order valence-electron chi connectivity index (χ1n) is 6.23. The summed E-state index contributed by atoms with van der Waals surface area (Å²) in [6.07, 6.45) is 1.09. The zero-order valence-corrected chi connectivity index (χ0v) is 11.1. The molecule has 0 unspecified atom stereocenters. The maximum Gasteiger partial charge on any atom is 0.410 e. The van der Waals surface area contributed by atoms with Gasteiger partial charge in [0.15, 0.2) is 0 Å². The van der Waals surface area contributed by atoms with E-state index < -0.39 is 5.60 Å². The molecule has 0 radical (unpaired) electrons. The summed E-state index contributed by atoms with van der Waals surface area (Å²) in [6, 6.07) is 0. The van der Waals surface area contributed by atoms with Crippen LogP contribution >= 0.6 is 0 Å². The highest BCUT2D eigenvalue weighted by Gasteiger charge is 2.31. The molecule has 18 heavy (non-hydrogen) atoms. The van der Waals surface area contributed by atoms with Crippen molar-refractivity contribution in [1.29, 1.82) is 0 Å². The molecule has 0 saturated carbocycles. The Morgan fingerprint density at radius 1 is 1.33 bits per heavy atom. The average Bonchev–Trinajstić information content (AvgIpc) is 2.82. The molecular weight excluding hydrogens is 234 g/mol. The van der Waals surface area contributed by atoms with Crippen molar-refractivity contribution in [2.24, 2.45) is 0 Å². The summed E-state index contributed by atoms with van der Waals surface area (Å²) < 4.78 is 10.2. The van der Waals surface area contributed by atoms with Crippen molar-refractivity contribution < 1.29 is 19.1 Å². The molecule has 2 rings (SSSR count). The van der Waals surface area contributed by atoms with Gasteiger partial charge in [-0.3, -0.25) is 0 Å². The summed E-state index contributed by atoms with van der Waals surface area (Å²) in [6.45, 7) is 7.09. The molecule has 2 aliphatic rings. The zero-order valence-electron chi connectivity index (χ0n) is 11.1. The third-order valence-electron chi connectivity index (χ3n) is 2.98. The van der Waals surface area contributed by atoms with Gasteiger partial charge < -0.3 is 14.4 Å². The number of hydrogen-bond donors (Lipinski definition) is 0. The van der Waals surface area contributed by atoms with E-state index in [2.05, 4.69) is 0 Å². The molecule has 0 aliphatic carbocycles. The van der Waals surface area contributed by atoms with Crippen LogP contribution in [-0.4, -0.2) is 42.3 Å². The fourth-order valence-corrected chi connectivity index (χ4v) is 2.14. The highest BCUT2D eigenvalue weighted by atomic mass is 16.6. The second kappa shape index (κ2) is 4.63. The van der Waals surface area contributed by atoms with Gasteiger partial charge in [0.05, 0.1) is 6.61 Å². The van der Waals surface area contributed by atoms with E-state index in [1.54, 1.807) is 4.90 Å². The van der Waals surface area contributed by atoms with Gasteiger partial charge in [0.2, 0.25) is 0 Å². The third kappa shape index (κ3) is 2.83. The fraction of sp³-hybridized carbons (Fsp3) is 0.692. The van der Waals surface area contributed by atoms with Crippen molar-refractivity contribution in [2.75, 3.05) is 19.7 Å².